The van der Waals surface area contributed by atoms with Crippen LogP contribution < -0.4 is 5.32 Å². The van der Waals surface area contributed by atoms with Crippen LogP contribution in [0.15, 0.2) is 0 Å². The normalized spacial score (nSPS) is 39.2. The van der Waals surface area contributed by atoms with Crippen molar-refractivity contribution in [2.75, 3.05) is 20.1 Å². The average Bonchev–Trinajstić information content (AvgIpc) is 2.40. The second-order valence-corrected chi connectivity index (χ2v) is 5.23. The third kappa shape index (κ3) is 2.29. The maximum atomic E-state index is 3.49. The van der Waals surface area contributed by atoms with E-state index in [-0.39, 0.29) is 0 Å². The second-order valence-electron chi connectivity index (χ2n) is 5.23. The Kier molecular flexibility index (Phi) is 3.45. The van der Waals surface area contributed by atoms with Gasteiger partial charge in [-0.05, 0) is 58.2 Å². The van der Waals surface area contributed by atoms with Crippen molar-refractivity contribution in [1.29, 1.82) is 0 Å². The molecule has 2 rings (SSSR count). The molecule has 0 aromatic rings. The zero-order valence-electron chi connectivity index (χ0n) is 9.63. The van der Waals surface area contributed by atoms with Crippen LogP contribution in [-0.4, -0.2) is 37.1 Å². The summed E-state index contributed by atoms with van der Waals surface area (Å²) in [5.41, 5.74) is 0. The first-order chi connectivity index (χ1) is 6.77. The molecule has 1 aliphatic heterocycles. The van der Waals surface area contributed by atoms with Gasteiger partial charge in [0.1, 0.15) is 0 Å². The van der Waals surface area contributed by atoms with Crippen LogP contribution in [0.1, 0.15) is 39.0 Å². The van der Waals surface area contributed by atoms with E-state index in [2.05, 4.69) is 24.2 Å². The first-order valence-corrected chi connectivity index (χ1v) is 6.20. The van der Waals surface area contributed by atoms with E-state index < -0.39 is 0 Å². The largest absolute Gasteiger partial charge is 0.317 e. The fraction of sp³-hybridized carbons (Fsp3) is 1.00. The zero-order chi connectivity index (χ0) is 9.97. The average molecular weight is 196 g/mol. The van der Waals surface area contributed by atoms with Gasteiger partial charge in [0, 0.05) is 12.1 Å². The molecule has 0 amide bonds. The number of hydrogen-bond donors (Lipinski definition) is 1. The zero-order valence-corrected chi connectivity index (χ0v) is 9.63. The Morgan fingerprint density at radius 2 is 1.86 bits per heavy atom. The molecule has 1 aliphatic carbocycles. The lowest BCUT2D eigenvalue weighted by molar-refractivity contribution is 0.0674. The van der Waals surface area contributed by atoms with E-state index in [9.17, 15) is 0 Å². The van der Waals surface area contributed by atoms with Crippen molar-refractivity contribution in [2.24, 2.45) is 5.92 Å². The van der Waals surface area contributed by atoms with Crippen LogP contribution in [0.5, 0.6) is 0 Å². The fourth-order valence-corrected chi connectivity index (χ4v) is 2.90. The molecule has 0 spiro atoms. The summed E-state index contributed by atoms with van der Waals surface area (Å²) < 4.78 is 0. The molecule has 1 heterocycles. The maximum Gasteiger partial charge on any atom is 0.0108 e. The van der Waals surface area contributed by atoms with Gasteiger partial charge in [0.15, 0.2) is 0 Å². The SMILES string of the molecule is CC1CC(N(C)C2CCCNCC2)C1. The van der Waals surface area contributed by atoms with Crippen molar-refractivity contribution >= 4 is 0 Å². The molecule has 1 saturated heterocycles. The Hall–Kier alpha value is -0.0800. The van der Waals surface area contributed by atoms with Crippen LogP contribution in [-0.2, 0) is 0 Å². The molecule has 1 N–H and O–H groups in total. The summed E-state index contributed by atoms with van der Waals surface area (Å²) in [4.78, 5) is 2.66. The van der Waals surface area contributed by atoms with Crippen molar-refractivity contribution in [1.82, 2.24) is 10.2 Å². The van der Waals surface area contributed by atoms with E-state index in [4.69, 9.17) is 0 Å². The number of rotatable bonds is 2. The van der Waals surface area contributed by atoms with Crippen LogP contribution in [0, 0.1) is 5.92 Å². The highest BCUT2D eigenvalue weighted by molar-refractivity contribution is 4.87. The van der Waals surface area contributed by atoms with Gasteiger partial charge < -0.3 is 10.2 Å². The molecule has 2 aliphatic rings. The van der Waals surface area contributed by atoms with Crippen LogP contribution in [0.4, 0.5) is 0 Å². The lowest BCUT2D eigenvalue weighted by Gasteiger charge is -2.43. The molecule has 1 atom stereocenters. The van der Waals surface area contributed by atoms with Gasteiger partial charge in [0.2, 0.25) is 0 Å². The molecular formula is C12H24N2. The minimum absolute atomic E-state index is 0.850. The van der Waals surface area contributed by atoms with E-state index >= 15 is 0 Å². The highest BCUT2D eigenvalue weighted by Crippen LogP contribution is 2.32. The van der Waals surface area contributed by atoms with E-state index in [0.717, 1.165) is 18.0 Å². The van der Waals surface area contributed by atoms with E-state index in [1.165, 1.54) is 45.2 Å². The predicted molar refractivity (Wildman–Crippen MR) is 60.5 cm³/mol. The highest BCUT2D eigenvalue weighted by atomic mass is 15.2. The van der Waals surface area contributed by atoms with Crippen LogP contribution >= 0.6 is 0 Å². The van der Waals surface area contributed by atoms with E-state index in [1.807, 2.05) is 0 Å². The van der Waals surface area contributed by atoms with Gasteiger partial charge in [0.05, 0.1) is 0 Å². The summed E-state index contributed by atoms with van der Waals surface area (Å²) in [5.74, 6) is 0.978. The standard InChI is InChI=1S/C12H24N2/c1-10-8-12(9-10)14(2)11-4-3-6-13-7-5-11/h10-13H,3-9H2,1-2H3. The Balaban J connectivity index is 1.80. The molecule has 0 aromatic carbocycles. The summed E-state index contributed by atoms with van der Waals surface area (Å²) in [6, 6.07) is 1.75. The predicted octanol–water partition coefficient (Wildman–Crippen LogP) is 1.86. The number of nitrogens with zero attached hydrogens (tertiary/aromatic N) is 1. The van der Waals surface area contributed by atoms with E-state index in [0.29, 0.717) is 0 Å². The summed E-state index contributed by atoms with van der Waals surface area (Å²) in [7, 11) is 2.34. The van der Waals surface area contributed by atoms with Gasteiger partial charge in [-0.25, -0.2) is 0 Å². The van der Waals surface area contributed by atoms with Crippen LogP contribution in [0.25, 0.3) is 0 Å². The highest BCUT2D eigenvalue weighted by Gasteiger charge is 2.32. The molecule has 1 unspecified atom stereocenters. The fourth-order valence-electron chi connectivity index (χ4n) is 2.90. The Labute approximate surface area is 88.1 Å². The first kappa shape index (κ1) is 10.4. The summed E-state index contributed by atoms with van der Waals surface area (Å²) in [6.45, 7) is 4.82. The molecule has 2 nitrogen and oxygen atoms in total. The lowest BCUT2D eigenvalue weighted by Crippen LogP contribution is -2.47. The molecular weight excluding hydrogens is 172 g/mol. The molecule has 0 radical (unpaired) electrons. The summed E-state index contributed by atoms with van der Waals surface area (Å²) in [6.07, 6.45) is 6.97. The Morgan fingerprint density at radius 1 is 1.07 bits per heavy atom. The monoisotopic (exact) mass is 196 g/mol. The summed E-state index contributed by atoms with van der Waals surface area (Å²) >= 11 is 0. The third-order valence-corrected chi connectivity index (χ3v) is 4.05. The quantitative estimate of drug-likeness (QED) is 0.725. The Bertz CT molecular complexity index is 167. The second kappa shape index (κ2) is 4.63. The van der Waals surface area contributed by atoms with Crippen molar-refractivity contribution in [3.05, 3.63) is 0 Å². The molecule has 0 aromatic heterocycles. The summed E-state index contributed by atoms with van der Waals surface area (Å²) in [5, 5.41) is 3.49. The van der Waals surface area contributed by atoms with Crippen molar-refractivity contribution < 1.29 is 0 Å². The van der Waals surface area contributed by atoms with Gasteiger partial charge >= 0.3 is 0 Å². The number of nitrogens with one attached hydrogen (secondary N) is 1. The van der Waals surface area contributed by atoms with Gasteiger partial charge in [-0.15, -0.1) is 0 Å². The van der Waals surface area contributed by atoms with E-state index in [1.54, 1.807) is 0 Å². The molecule has 2 heteroatoms. The minimum atomic E-state index is 0.850. The van der Waals surface area contributed by atoms with Crippen molar-refractivity contribution in [3.63, 3.8) is 0 Å². The van der Waals surface area contributed by atoms with Gasteiger partial charge in [-0.3, -0.25) is 0 Å². The van der Waals surface area contributed by atoms with Crippen LogP contribution in [0.2, 0.25) is 0 Å². The van der Waals surface area contributed by atoms with Crippen LogP contribution in [0.3, 0.4) is 0 Å². The minimum Gasteiger partial charge on any atom is -0.317 e. The molecule has 14 heavy (non-hydrogen) atoms. The molecule has 2 fully saturated rings. The lowest BCUT2D eigenvalue weighted by atomic mass is 9.80. The smallest absolute Gasteiger partial charge is 0.0108 e. The van der Waals surface area contributed by atoms with Gasteiger partial charge in [0.25, 0.3) is 0 Å². The maximum absolute atomic E-state index is 3.49. The van der Waals surface area contributed by atoms with Gasteiger partial charge in [-0.1, -0.05) is 6.92 Å². The van der Waals surface area contributed by atoms with Crippen molar-refractivity contribution in [3.8, 4) is 0 Å². The topological polar surface area (TPSA) is 15.3 Å². The molecule has 0 bridgehead atoms. The third-order valence-electron chi connectivity index (χ3n) is 4.05. The first-order valence-electron chi connectivity index (χ1n) is 6.20. The molecule has 1 saturated carbocycles. The molecule has 82 valence electrons. The Morgan fingerprint density at radius 3 is 2.57 bits per heavy atom. The van der Waals surface area contributed by atoms with Gasteiger partial charge in [-0.2, -0.15) is 0 Å². The number of hydrogen-bond acceptors (Lipinski definition) is 2. The van der Waals surface area contributed by atoms with Crippen molar-refractivity contribution in [2.45, 2.75) is 51.1 Å².